The van der Waals surface area contributed by atoms with E-state index in [-0.39, 0.29) is 13.0 Å². The predicted octanol–water partition coefficient (Wildman–Crippen LogP) is 1.71. The van der Waals surface area contributed by atoms with Gasteiger partial charge in [-0.3, -0.25) is 9.69 Å². The maximum absolute atomic E-state index is 11.9. The highest BCUT2D eigenvalue weighted by Gasteiger charge is 2.61. The van der Waals surface area contributed by atoms with Crippen molar-refractivity contribution in [1.82, 2.24) is 4.90 Å². The molecule has 2 fully saturated rings. The minimum Gasteiger partial charge on any atom is -0.481 e. The van der Waals surface area contributed by atoms with Crippen molar-refractivity contribution in [3.05, 3.63) is 0 Å². The maximum atomic E-state index is 11.9. The van der Waals surface area contributed by atoms with Crippen molar-refractivity contribution in [1.29, 1.82) is 0 Å². The summed E-state index contributed by atoms with van der Waals surface area (Å²) in [7, 11) is 0. The smallest absolute Gasteiger partial charge is 0.412 e. The number of rotatable bonds is 4. The molecule has 1 aliphatic heterocycles. The molecule has 0 radical (unpaired) electrons. The zero-order chi connectivity index (χ0) is 14.1. The van der Waals surface area contributed by atoms with Crippen LogP contribution >= 0.6 is 0 Å². The molecule has 2 N–H and O–H groups in total. The predicted molar refractivity (Wildman–Crippen MR) is 66.5 cm³/mol. The number of aliphatic carboxylic acids is 1. The molecule has 1 saturated carbocycles. The first-order valence-corrected chi connectivity index (χ1v) is 6.84. The molecular weight excluding hydrogens is 250 g/mol. The third-order valence-corrected chi connectivity index (χ3v) is 4.33. The quantitative estimate of drug-likeness (QED) is 0.812. The summed E-state index contributed by atoms with van der Waals surface area (Å²) in [6, 6.07) is 0. The Balaban J connectivity index is 2.07. The van der Waals surface area contributed by atoms with E-state index in [2.05, 4.69) is 0 Å². The molecule has 2 rings (SSSR count). The van der Waals surface area contributed by atoms with Gasteiger partial charge in [-0.15, -0.1) is 0 Å². The second-order valence-corrected chi connectivity index (χ2v) is 5.59. The lowest BCUT2D eigenvalue weighted by atomic mass is 9.77. The Bertz CT molecular complexity index is 373. The molecule has 0 aromatic rings. The number of ether oxygens (including phenoxy) is 1. The fourth-order valence-electron chi connectivity index (χ4n) is 3.14. The summed E-state index contributed by atoms with van der Waals surface area (Å²) in [6.07, 6.45) is 4.07. The summed E-state index contributed by atoms with van der Waals surface area (Å²) < 4.78 is 5.46. The van der Waals surface area contributed by atoms with Gasteiger partial charge in [0, 0.05) is 13.0 Å². The largest absolute Gasteiger partial charge is 0.481 e. The first-order chi connectivity index (χ1) is 8.89. The van der Waals surface area contributed by atoms with Crippen LogP contribution in [0, 0.1) is 0 Å². The summed E-state index contributed by atoms with van der Waals surface area (Å²) in [6.45, 7) is 1.81. The number of aliphatic hydroxyl groups is 1. The lowest BCUT2D eigenvalue weighted by molar-refractivity contribution is -0.159. The highest BCUT2D eigenvalue weighted by Crippen LogP contribution is 2.46. The number of carboxylic acids is 1. The molecule has 1 atom stereocenters. The lowest BCUT2D eigenvalue weighted by Gasteiger charge is -2.42. The number of carboxylic acid groups (broad SMARTS) is 1. The molecule has 19 heavy (non-hydrogen) atoms. The summed E-state index contributed by atoms with van der Waals surface area (Å²) in [5, 5.41) is 19.3. The maximum Gasteiger partial charge on any atom is 0.412 e. The van der Waals surface area contributed by atoms with E-state index in [0.29, 0.717) is 19.3 Å². The Morgan fingerprint density at radius 3 is 2.58 bits per heavy atom. The Morgan fingerprint density at radius 1 is 1.37 bits per heavy atom. The second kappa shape index (κ2) is 5.00. The van der Waals surface area contributed by atoms with Crippen LogP contribution in [0.4, 0.5) is 4.79 Å². The van der Waals surface area contributed by atoms with E-state index in [4.69, 9.17) is 9.84 Å². The Labute approximate surface area is 112 Å². The summed E-state index contributed by atoms with van der Waals surface area (Å²) >= 11 is 0. The number of amides is 1. The Kier molecular flexibility index (Phi) is 3.71. The van der Waals surface area contributed by atoms with Gasteiger partial charge in [-0.25, -0.2) is 4.79 Å². The van der Waals surface area contributed by atoms with E-state index in [0.717, 1.165) is 19.3 Å². The SMILES string of the molecule is CC1(O)N(CCCC(=O)O)C(=O)OC12CCCCC2. The minimum absolute atomic E-state index is 0.0210. The van der Waals surface area contributed by atoms with E-state index in [1.165, 1.54) is 4.90 Å². The molecule has 1 amide bonds. The van der Waals surface area contributed by atoms with Gasteiger partial charge in [0.05, 0.1) is 0 Å². The van der Waals surface area contributed by atoms with Crippen molar-refractivity contribution >= 4 is 12.1 Å². The van der Waals surface area contributed by atoms with Crippen molar-refractivity contribution in [2.24, 2.45) is 0 Å². The van der Waals surface area contributed by atoms with E-state index >= 15 is 0 Å². The molecule has 108 valence electrons. The van der Waals surface area contributed by atoms with Gasteiger partial charge in [-0.2, -0.15) is 0 Å². The fourth-order valence-corrected chi connectivity index (χ4v) is 3.14. The first-order valence-electron chi connectivity index (χ1n) is 6.84. The fraction of sp³-hybridized carbons (Fsp3) is 0.846. The standard InChI is InChI=1S/C13H21NO5/c1-12(18)13(7-3-2-4-8-13)19-11(17)14(12)9-5-6-10(15)16/h18H,2-9H2,1H3,(H,15,16). The molecule has 1 spiro atoms. The Hall–Kier alpha value is -1.30. The van der Waals surface area contributed by atoms with Gasteiger partial charge in [0.2, 0.25) is 0 Å². The molecule has 1 unspecified atom stereocenters. The highest BCUT2D eigenvalue weighted by atomic mass is 16.6. The minimum atomic E-state index is -1.34. The van der Waals surface area contributed by atoms with Crippen LogP contribution in [0.5, 0.6) is 0 Å². The second-order valence-electron chi connectivity index (χ2n) is 5.59. The summed E-state index contributed by atoms with van der Waals surface area (Å²) in [5.41, 5.74) is -2.16. The van der Waals surface area contributed by atoms with E-state index in [1.54, 1.807) is 6.92 Å². The third-order valence-electron chi connectivity index (χ3n) is 4.33. The third kappa shape index (κ3) is 2.41. The van der Waals surface area contributed by atoms with Crippen LogP contribution in [-0.2, 0) is 9.53 Å². The normalized spacial score (nSPS) is 29.6. The number of nitrogens with zero attached hydrogens (tertiary/aromatic N) is 1. The zero-order valence-electron chi connectivity index (χ0n) is 11.2. The van der Waals surface area contributed by atoms with Gasteiger partial charge in [0.25, 0.3) is 0 Å². The van der Waals surface area contributed by atoms with Crippen LogP contribution in [0.15, 0.2) is 0 Å². The summed E-state index contributed by atoms with van der Waals surface area (Å²) in [5.74, 6) is -0.903. The monoisotopic (exact) mass is 271 g/mol. The van der Waals surface area contributed by atoms with Crippen molar-refractivity contribution in [2.45, 2.75) is 63.2 Å². The number of hydrogen-bond acceptors (Lipinski definition) is 4. The number of carbonyl (C=O) groups is 2. The van der Waals surface area contributed by atoms with Gasteiger partial charge in [-0.05, 0) is 39.0 Å². The van der Waals surface area contributed by atoms with E-state index in [1.807, 2.05) is 0 Å². The highest BCUT2D eigenvalue weighted by molar-refractivity contribution is 5.72. The molecular formula is C13H21NO5. The lowest BCUT2D eigenvalue weighted by Crippen LogP contribution is -2.57. The van der Waals surface area contributed by atoms with Gasteiger partial charge < -0.3 is 14.9 Å². The van der Waals surface area contributed by atoms with Crippen molar-refractivity contribution in [3.8, 4) is 0 Å². The average molecular weight is 271 g/mol. The average Bonchev–Trinajstić information content (AvgIpc) is 2.50. The van der Waals surface area contributed by atoms with Crippen LogP contribution in [0.1, 0.15) is 51.9 Å². The van der Waals surface area contributed by atoms with Crippen molar-refractivity contribution in [2.75, 3.05) is 6.54 Å². The topological polar surface area (TPSA) is 87.1 Å². The van der Waals surface area contributed by atoms with E-state index in [9.17, 15) is 14.7 Å². The van der Waals surface area contributed by atoms with Gasteiger partial charge in [0.1, 0.15) is 0 Å². The van der Waals surface area contributed by atoms with Crippen LogP contribution < -0.4 is 0 Å². The zero-order valence-corrected chi connectivity index (χ0v) is 11.2. The number of hydrogen-bond donors (Lipinski definition) is 2. The van der Waals surface area contributed by atoms with Crippen molar-refractivity contribution < 1.29 is 24.5 Å². The van der Waals surface area contributed by atoms with Crippen molar-refractivity contribution in [3.63, 3.8) is 0 Å². The number of carbonyl (C=O) groups excluding carboxylic acids is 1. The molecule has 1 heterocycles. The van der Waals surface area contributed by atoms with E-state index < -0.39 is 23.4 Å². The summed E-state index contributed by atoms with van der Waals surface area (Å²) in [4.78, 5) is 23.7. The molecule has 1 aliphatic carbocycles. The Morgan fingerprint density at radius 2 is 2.00 bits per heavy atom. The van der Waals surface area contributed by atoms with Gasteiger partial charge in [0.15, 0.2) is 11.3 Å². The molecule has 2 aliphatic rings. The van der Waals surface area contributed by atoms with Crippen LogP contribution in [0.25, 0.3) is 0 Å². The van der Waals surface area contributed by atoms with Crippen LogP contribution in [0.2, 0.25) is 0 Å². The van der Waals surface area contributed by atoms with Crippen LogP contribution in [0.3, 0.4) is 0 Å². The molecule has 1 saturated heterocycles. The molecule has 6 nitrogen and oxygen atoms in total. The first kappa shape index (κ1) is 14.1. The molecule has 0 bridgehead atoms. The van der Waals surface area contributed by atoms with Gasteiger partial charge >= 0.3 is 12.1 Å². The van der Waals surface area contributed by atoms with Gasteiger partial charge in [-0.1, -0.05) is 6.42 Å². The molecule has 0 aromatic heterocycles. The molecule has 6 heteroatoms. The molecule has 0 aromatic carbocycles. The van der Waals surface area contributed by atoms with Crippen LogP contribution in [-0.4, -0.2) is 45.0 Å².